The summed E-state index contributed by atoms with van der Waals surface area (Å²) < 4.78 is 5.64. The highest BCUT2D eigenvalue weighted by Gasteiger charge is 2.37. The van der Waals surface area contributed by atoms with Gasteiger partial charge in [0.15, 0.2) is 5.76 Å². The Bertz CT molecular complexity index is 840. The van der Waals surface area contributed by atoms with E-state index in [0.717, 1.165) is 5.76 Å². The van der Waals surface area contributed by atoms with Gasteiger partial charge >= 0.3 is 0 Å². The molecule has 0 N–H and O–H groups in total. The van der Waals surface area contributed by atoms with Gasteiger partial charge in [-0.2, -0.15) is 0 Å². The molecule has 1 heterocycles. The summed E-state index contributed by atoms with van der Waals surface area (Å²) in [6.07, 6.45) is 3.09. The summed E-state index contributed by atoms with van der Waals surface area (Å²) in [5, 5.41) is -0.548. The number of benzene rings is 1. The molecule has 0 saturated carbocycles. The Morgan fingerprint density at radius 1 is 1.08 bits per heavy atom. The Morgan fingerprint density at radius 2 is 1.65 bits per heavy atom. The average Bonchev–Trinajstić information content (AvgIpc) is 3.00. The average molecular weight is 373 g/mol. The van der Waals surface area contributed by atoms with Crippen molar-refractivity contribution in [1.82, 2.24) is 0 Å². The molecule has 3 rings (SSSR count). The third-order valence-electron chi connectivity index (χ3n) is 5.95. The number of hydrogen-bond donors (Lipinski definition) is 0. The topological polar surface area (TPSA) is 30.2 Å². The molecule has 0 saturated heterocycles. The van der Waals surface area contributed by atoms with Crippen LogP contribution in [0.1, 0.15) is 98.9 Å². The fourth-order valence-corrected chi connectivity index (χ4v) is 4.23. The van der Waals surface area contributed by atoms with Crippen molar-refractivity contribution in [2.75, 3.05) is 0 Å². The molecule has 0 amide bonds. The minimum atomic E-state index is -0.548. The van der Waals surface area contributed by atoms with E-state index in [2.05, 4.69) is 53.7 Å². The molecule has 2 nitrogen and oxygen atoms in total. The van der Waals surface area contributed by atoms with Crippen molar-refractivity contribution in [1.29, 1.82) is 0 Å². The van der Waals surface area contributed by atoms with Crippen molar-refractivity contribution in [2.24, 2.45) is 0 Å². The molecule has 0 fully saturated rings. The maximum Gasteiger partial charge on any atom is 0.287 e. The second-order valence-electron chi connectivity index (χ2n) is 9.24. The van der Waals surface area contributed by atoms with Crippen LogP contribution in [0.25, 0.3) is 0 Å². The van der Waals surface area contributed by atoms with Crippen LogP contribution in [0.4, 0.5) is 0 Å². The lowest BCUT2D eigenvalue weighted by molar-refractivity contribution is 0.105. The van der Waals surface area contributed by atoms with E-state index in [-0.39, 0.29) is 16.6 Å². The standard InChI is InChI=1S/C23H29ClO2/c1-14(2)17-13-19-18(22(3,4)9-10-23(19,5)6)12-15(17)11-16-7-8-20(26-16)21(24)25/h7-8,12-14H,9-11H2,1-6H3. The summed E-state index contributed by atoms with van der Waals surface area (Å²) in [4.78, 5) is 11.3. The molecule has 0 aliphatic heterocycles. The number of fused-ring (bicyclic) bond motifs is 1. The predicted octanol–water partition coefficient (Wildman–Crippen LogP) is 6.72. The molecule has 0 spiro atoms. The maximum absolute atomic E-state index is 11.3. The number of hydrogen-bond acceptors (Lipinski definition) is 2. The van der Waals surface area contributed by atoms with Crippen LogP contribution in [-0.2, 0) is 17.3 Å². The molecule has 0 radical (unpaired) electrons. The first-order valence-corrected chi connectivity index (χ1v) is 9.85. The Morgan fingerprint density at radius 3 is 2.15 bits per heavy atom. The first-order valence-electron chi connectivity index (χ1n) is 9.47. The van der Waals surface area contributed by atoms with Crippen LogP contribution in [0.3, 0.4) is 0 Å². The summed E-state index contributed by atoms with van der Waals surface area (Å²) in [7, 11) is 0. The van der Waals surface area contributed by atoms with E-state index >= 15 is 0 Å². The summed E-state index contributed by atoms with van der Waals surface area (Å²) >= 11 is 5.53. The number of rotatable bonds is 4. The van der Waals surface area contributed by atoms with Gasteiger partial charge in [-0.1, -0.05) is 53.7 Å². The van der Waals surface area contributed by atoms with Crippen LogP contribution in [0, 0.1) is 0 Å². The molecule has 1 aliphatic rings. The highest BCUT2D eigenvalue weighted by molar-refractivity contribution is 6.67. The number of carbonyl (C=O) groups is 1. The van der Waals surface area contributed by atoms with E-state index in [1.54, 1.807) is 6.07 Å². The quantitative estimate of drug-likeness (QED) is 0.557. The van der Waals surface area contributed by atoms with Crippen molar-refractivity contribution in [3.8, 4) is 0 Å². The second kappa shape index (κ2) is 6.56. The highest BCUT2D eigenvalue weighted by Crippen LogP contribution is 2.47. The van der Waals surface area contributed by atoms with Crippen molar-refractivity contribution < 1.29 is 9.21 Å². The van der Waals surface area contributed by atoms with Crippen LogP contribution in [0.2, 0.25) is 0 Å². The third-order valence-corrected chi connectivity index (χ3v) is 6.14. The van der Waals surface area contributed by atoms with Crippen molar-refractivity contribution >= 4 is 16.8 Å². The molecule has 26 heavy (non-hydrogen) atoms. The second-order valence-corrected chi connectivity index (χ2v) is 9.58. The van der Waals surface area contributed by atoms with Gasteiger partial charge in [-0.15, -0.1) is 0 Å². The molecule has 2 aromatic rings. The molecule has 0 atom stereocenters. The Labute approximate surface area is 161 Å². The van der Waals surface area contributed by atoms with Gasteiger partial charge in [0.2, 0.25) is 0 Å². The van der Waals surface area contributed by atoms with Gasteiger partial charge in [0.05, 0.1) is 0 Å². The zero-order chi connectivity index (χ0) is 19.3. The zero-order valence-corrected chi connectivity index (χ0v) is 17.5. The molecule has 3 heteroatoms. The number of furan rings is 1. The zero-order valence-electron chi connectivity index (χ0n) is 16.7. The van der Waals surface area contributed by atoms with E-state index < -0.39 is 5.24 Å². The SMILES string of the molecule is CC(C)c1cc2c(cc1Cc1ccc(C(=O)Cl)o1)C(C)(C)CCC2(C)C. The molecule has 140 valence electrons. The van der Waals surface area contributed by atoms with Gasteiger partial charge in [0.25, 0.3) is 5.24 Å². The fraction of sp³-hybridized carbons (Fsp3) is 0.522. The molecular weight excluding hydrogens is 344 g/mol. The monoisotopic (exact) mass is 372 g/mol. The summed E-state index contributed by atoms with van der Waals surface area (Å²) in [5.41, 5.74) is 5.97. The summed E-state index contributed by atoms with van der Waals surface area (Å²) in [6, 6.07) is 8.32. The number of carbonyl (C=O) groups excluding carboxylic acids is 1. The van der Waals surface area contributed by atoms with Gasteiger partial charge in [0.1, 0.15) is 5.76 Å². The van der Waals surface area contributed by atoms with Crippen molar-refractivity contribution in [3.63, 3.8) is 0 Å². The largest absolute Gasteiger partial charge is 0.456 e. The highest BCUT2D eigenvalue weighted by atomic mass is 35.5. The number of halogens is 1. The van der Waals surface area contributed by atoms with E-state index in [9.17, 15) is 4.79 Å². The first-order chi connectivity index (χ1) is 12.0. The summed E-state index contributed by atoms with van der Waals surface area (Å²) in [5.74, 6) is 1.43. The van der Waals surface area contributed by atoms with Gasteiger partial charge in [-0.05, 0) is 75.6 Å². The van der Waals surface area contributed by atoms with Crippen LogP contribution in [-0.4, -0.2) is 5.24 Å². The van der Waals surface area contributed by atoms with Crippen molar-refractivity contribution in [3.05, 3.63) is 58.0 Å². The lowest BCUT2D eigenvalue weighted by Gasteiger charge is -2.42. The lowest BCUT2D eigenvalue weighted by atomic mass is 9.62. The Balaban J connectivity index is 2.11. The van der Waals surface area contributed by atoms with Gasteiger partial charge in [-0.3, -0.25) is 4.79 Å². The minimum absolute atomic E-state index is 0.176. The van der Waals surface area contributed by atoms with Crippen LogP contribution >= 0.6 is 11.6 Å². The summed E-state index contributed by atoms with van der Waals surface area (Å²) in [6.45, 7) is 13.9. The van der Waals surface area contributed by atoms with Gasteiger partial charge in [0, 0.05) is 6.42 Å². The molecule has 0 unspecified atom stereocenters. The fourth-order valence-electron chi connectivity index (χ4n) is 4.13. The molecular formula is C23H29ClO2. The van der Waals surface area contributed by atoms with E-state index in [0.29, 0.717) is 12.3 Å². The van der Waals surface area contributed by atoms with E-state index in [1.807, 2.05) is 6.07 Å². The first kappa shape index (κ1) is 19.2. The predicted molar refractivity (Wildman–Crippen MR) is 108 cm³/mol. The van der Waals surface area contributed by atoms with E-state index in [4.69, 9.17) is 16.0 Å². The lowest BCUT2D eigenvalue weighted by Crippen LogP contribution is -2.34. The Hall–Kier alpha value is -1.54. The molecule has 1 aromatic heterocycles. The van der Waals surface area contributed by atoms with E-state index in [1.165, 1.54) is 35.1 Å². The third kappa shape index (κ3) is 3.49. The maximum atomic E-state index is 11.3. The van der Waals surface area contributed by atoms with Crippen molar-refractivity contribution in [2.45, 2.75) is 77.6 Å². The van der Waals surface area contributed by atoms with Gasteiger partial charge < -0.3 is 4.42 Å². The Kier molecular flexibility index (Phi) is 4.85. The molecule has 1 aromatic carbocycles. The smallest absolute Gasteiger partial charge is 0.287 e. The minimum Gasteiger partial charge on any atom is -0.456 e. The van der Waals surface area contributed by atoms with Crippen LogP contribution < -0.4 is 0 Å². The van der Waals surface area contributed by atoms with Crippen LogP contribution in [0.15, 0.2) is 28.7 Å². The molecule has 1 aliphatic carbocycles. The van der Waals surface area contributed by atoms with Gasteiger partial charge in [-0.25, -0.2) is 0 Å². The molecule has 0 bridgehead atoms. The van der Waals surface area contributed by atoms with Crippen LogP contribution in [0.5, 0.6) is 0 Å². The normalized spacial score (nSPS) is 18.0.